The summed E-state index contributed by atoms with van der Waals surface area (Å²) in [6.45, 7) is 3.17. The number of aromatic nitrogens is 2. The van der Waals surface area contributed by atoms with Crippen molar-refractivity contribution in [3.8, 4) is 6.07 Å². The number of rotatable bonds is 5. The monoisotopic (exact) mass is 381 g/mol. The minimum absolute atomic E-state index is 0.112. The van der Waals surface area contributed by atoms with Crippen LogP contribution in [-0.4, -0.2) is 47.7 Å². The summed E-state index contributed by atoms with van der Waals surface area (Å²) < 4.78 is 6.76. The van der Waals surface area contributed by atoms with E-state index < -0.39 is 0 Å². The van der Waals surface area contributed by atoms with Crippen LogP contribution in [0.5, 0.6) is 0 Å². The number of benzene rings is 1. The summed E-state index contributed by atoms with van der Waals surface area (Å²) in [6, 6.07) is 9.23. The van der Waals surface area contributed by atoms with Gasteiger partial charge < -0.3 is 14.6 Å². The summed E-state index contributed by atoms with van der Waals surface area (Å²) >= 11 is 0. The largest absolute Gasteiger partial charge is 0.469 e. The molecule has 0 spiro atoms. The first-order valence-electron chi connectivity index (χ1n) is 9.11. The molecule has 0 aliphatic carbocycles. The van der Waals surface area contributed by atoms with Gasteiger partial charge in [0.2, 0.25) is 5.91 Å². The van der Waals surface area contributed by atoms with Crippen molar-refractivity contribution in [1.82, 2.24) is 14.9 Å². The van der Waals surface area contributed by atoms with Gasteiger partial charge in [-0.1, -0.05) is 12.1 Å². The van der Waals surface area contributed by atoms with E-state index in [1.54, 1.807) is 29.6 Å². The van der Waals surface area contributed by atoms with E-state index in [0.717, 1.165) is 5.56 Å². The molecular weight excluding hydrogens is 358 g/mol. The Morgan fingerprint density at radius 2 is 2.11 bits per heavy atom. The van der Waals surface area contributed by atoms with Crippen LogP contribution in [0.4, 0.5) is 5.82 Å². The SMILES string of the molecule is COC(=O)C1CNCC(N(C(C)=O)c2cncn2Cc2ccc(C#N)cc2)C1. The van der Waals surface area contributed by atoms with E-state index in [4.69, 9.17) is 10.00 Å². The number of esters is 1. The fourth-order valence-corrected chi connectivity index (χ4v) is 3.59. The number of carbonyl (C=O) groups is 2. The average molecular weight is 381 g/mol. The number of amides is 1. The second-order valence-corrected chi connectivity index (χ2v) is 6.85. The molecule has 146 valence electrons. The van der Waals surface area contributed by atoms with Gasteiger partial charge in [0, 0.05) is 20.0 Å². The van der Waals surface area contributed by atoms with E-state index in [0.29, 0.717) is 37.4 Å². The lowest BCUT2D eigenvalue weighted by Gasteiger charge is -2.36. The van der Waals surface area contributed by atoms with Crippen LogP contribution >= 0.6 is 0 Å². The number of hydrogen-bond donors (Lipinski definition) is 1. The number of nitrogens with one attached hydrogen (secondary N) is 1. The van der Waals surface area contributed by atoms with Crippen molar-refractivity contribution in [3.63, 3.8) is 0 Å². The van der Waals surface area contributed by atoms with Crippen molar-refractivity contribution < 1.29 is 14.3 Å². The molecule has 1 fully saturated rings. The Morgan fingerprint density at radius 3 is 2.75 bits per heavy atom. The van der Waals surface area contributed by atoms with Gasteiger partial charge >= 0.3 is 5.97 Å². The zero-order chi connectivity index (χ0) is 20.1. The molecule has 2 heterocycles. The maximum atomic E-state index is 12.5. The van der Waals surface area contributed by atoms with Gasteiger partial charge in [-0.05, 0) is 24.1 Å². The Hall–Kier alpha value is -3.18. The number of imidazole rings is 1. The zero-order valence-corrected chi connectivity index (χ0v) is 16.0. The minimum Gasteiger partial charge on any atom is -0.469 e. The molecule has 28 heavy (non-hydrogen) atoms. The molecule has 2 unspecified atom stereocenters. The zero-order valence-electron chi connectivity index (χ0n) is 16.0. The van der Waals surface area contributed by atoms with E-state index in [2.05, 4.69) is 16.4 Å². The van der Waals surface area contributed by atoms with Gasteiger partial charge in [-0.2, -0.15) is 5.26 Å². The van der Waals surface area contributed by atoms with Gasteiger partial charge in [0.15, 0.2) is 0 Å². The lowest BCUT2D eigenvalue weighted by molar-refractivity contribution is -0.146. The van der Waals surface area contributed by atoms with Gasteiger partial charge in [-0.3, -0.25) is 14.5 Å². The summed E-state index contributed by atoms with van der Waals surface area (Å²) in [5.41, 5.74) is 1.60. The summed E-state index contributed by atoms with van der Waals surface area (Å²) in [7, 11) is 1.38. The predicted molar refractivity (Wildman–Crippen MR) is 102 cm³/mol. The Labute approximate surface area is 163 Å². The molecule has 1 aliphatic rings. The molecule has 2 atom stereocenters. The maximum absolute atomic E-state index is 12.5. The molecule has 8 nitrogen and oxygen atoms in total. The standard InChI is InChI=1S/C20H23N5O3/c1-14(26)25(18-7-17(9-22-10-18)20(27)28-2)19-11-23-13-24(19)12-16-5-3-15(8-21)4-6-16/h3-6,11,13,17-18,22H,7,9-10,12H2,1-2H3. The highest BCUT2D eigenvalue weighted by Crippen LogP contribution is 2.24. The third-order valence-corrected chi connectivity index (χ3v) is 4.94. The number of ether oxygens (including phenoxy) is 1. The third kappa shape index (κ3) is 4.21. The average Bonchev–Trinajstić information content (AvgIpc) is 3.15. The highest BCUT2D eigenvalue weighted by atomic mass is 16.5. The fraction of sp³-hybridized carbons (Fsp3) is 0.400. The van der Waals surface area contributed by atoms with Crippen molar-refractivity contribution in [3.05, 3.63) is 47.9 Å². The van der Waals surface area contributed by atoms with Crippen molar-refractivity contribution in [2.45, 2.75) is 25.9 Å². The number of methoxy groups -OCH3 is 1. The fourth-order valence-electron chi connectivity index (χ4n) is 3.59. The quantitative estimate of drug-likeness (QED) is 0.784. The normalized spacial score (nSPS) is 18.9. The van der Waals surface area contributed by atoms with Crippen LogP contribution in [0, 0.1) is 17.2 Å². The van der Waals surface area contributed by atoms with E-state index >= 15 is 0 Å². The van der Waals surface area contributed by atoms with Gasteiger partial charge in [-0.25, -0.2) is 4.98 Å². The number of piperidine rings is 1. The Morgan fingerprint density at radius 1 is 1.36 bits per heavy atom. The number of nitriles is 1. The smallest absolute Gasteiger partial charge is 0.310 e. The molecular formula is C20H23N5O3. The first-order chi connectivity index (χ1) is 13.5. The first kappa shape index (κ1) is 19.6. The number of anilines is 1. The molecule has 1 aromatic carbocycles. The van der Waals surface area contributed by atoms with Crippen LogP contribution in [0.25, 0.3) is 0 Å². The minimum atomic E-state index is -0.291. The van der Waals surface area contributed by atoms with E-state index in [1.807, 2.05) is 16.7 Å². The van der Waals surface area contributed by atoms with Crippen LogP contribution in [0.2, 0.25) is 0 Å². The first-order valence-corrected chi connectivity index (χ1v) is 9.11. The molecule has 0 radical (unpaired) electrons. The van der Waals surface area contributed by atoms with Crippen molar-refractivity contribution >= 4 is 17.7 Å². The lowest BCUT2D eigenvalue weighted by atomic mass is 9.94. The summed E-state index contributed by atoms with van der Waals surface area (Å²) in [5, 5.41) is 12.2. The molecule has 1 amide bonds. The summed E-state index contributed by atoms with van der Waals surface area (Å²) in [5.74, 6) is 0.000333. The van der Waals surface area contributed by atoms with Gasteiger partial charge in [0.25, 0.3) is 0 Å². The van der Waals surface area contributed by atoms with Crippen molar-refractivity contribution in [2.75, 3.05) is 25.1 Å². The van der Waals surface area contributed by atoms with Gasteiger partial charge in [0.05, 0.1) is 49.8 Å². The number of hydrogen-bond acceptors (Lipinski definition) is 6. The molecule has 0 saturated carbocycles. The summed E-state index contributed by atoms with van der Waals surface area (Å²) in [6.07, 6.45) is 3.87. The van der Waals surface area contributed by atoms with Crippen LogP contribution in [-0.2, 0) is 20.9 Å². The lowest BCUT2D eigenvalue weighted by Crippen LogP contribution is -2.53. The van der Waals surface area contributed by atoms with Gasteiger partial charge in [0.1, 0.15) is 5.82 Å². The van der Waals surface area contributed by atoms with Crippen LogP contribution in [0.3, 0.4) is 0 Å². The van der Waals surface area contributed by atoms with E-state index in [1.165, 1.54) is 14.0 Å². The maximum Gasteiger partial charge on any atom is 0.310 e. The molecule has 1 saturated heterocycles. The predicted octanol–water partition coefficient (Wildman–Crippen LogP) is 1.31. The molecule has 3 rings (SSSR count). The van der Waals surface area contributed by atoms with Crippen LogP contribution < -0.4 is 10.2 Å². The molecule has 8 heteroatoms. The number of carbonyl (C=O) groups excluding carboxylic acids is 2. The third-order valence-electron chi connectivity index (χ3n) is 4.94. The van der Waals surface area contributed by atoms with Crippen molar-refractivity contribution in [2.24, 2.45) is 5.92 Å². The summed E-state index contributed by atoms with van der Waals surface area (Å²) in [4.78, 5) is 30.3. The molecule has 0 bridgehead atoms. The van der Waals surface area contributed by atoms with Gasteiger partial charge in [-0.15, -0.1) is 0 Å². The topological polar surface area (TPSA) is 100 Å². The van der Waals surface area contributed by atoms with Crippen LogP contribution in [0.1, 0.15) is 24.5 Å². The Kier molecular flexibility index (Phi) is 6.06. The Balaban J connectivity index is 1.83. The second kappa shape index (κ2) is 8.67. The number of nitrogens with zero attached hydrogens (tertiary/aromatic N) is 4. The van der Waals surface area contributed by atoms with E-state index in [-0.39, 0.29) is 23.8 Å². The van der Waals surface area contributed by atoms with E-state index in [9.17, 15) is 9.59 Å². The highest BCUT2D eigenvalue weighted by Gasteiger charge is 2.34. The molecule has 1 N–H and O–H groups in total. The molecule has 2 aromatic rings. The highest BCUT2D eigenvalue weighted by molar-refractivity contribution is 5.91. The Bertz CT molecular complexity index is 884. The molecule has 1 aliphatic heterocycles. The van der Waals surface area contributed by atoms with Crippen LogP contribution in [0.15, 0.2) is 36.8 Å². The molecule has 1 aromatic heterocycles. The second-order valence-electron chi connectivity index (χ2n) is 6.85. The van der Waals surface area contributed by atoms with Crippen molar-refractivity contribution in [1.29, 1.82) is 5.26 Å².